The molecule has 2 N–H and O–H groups in total. The molecule has 0 saturated carbocycles. The molecule has 0 spiro atoms. The fraction of sp³-hybridized carbons (Fsp3) is 0.211. The van der Waals surface area contributed by atoms with Crippen LogP contribution in [-0.2, 0) is 6.42 Å². The number of nitrogens with one attached hydrogen (secondary N) is 2. The first-order chi connectivity index (χ1) is 12.7. The van der Waals surface area contributed by atoms with Crippen molar-refractivity contribution < 1.29 is 14.1 Å². The molecule has 0 radical (unpaired) electrons. The minimum atomic E-state index is -0.291. The lowest BCUT2D eigenvalue weighted by atomic mass is 10.2. The third-order valence-electron chi connectivity index (χ3n) is 3.55. The van der Waals surface area contributed by atoms with E-state index in [2.05, 4.69) is 20.8 Å². The van der Waals surface area contributed by atoms with Crippen molar-refractivity contribution in [3.05, 3.63) is 60.4 Å². The molecule has 3 rings (SSSR count). The van der Waals surface area contributed by atoms with Gasteiger partial charge >= 0.3 is 6.03 Å². The van der Waals surface area contributed by atoms with Gasteiger partial charge in [-0.1, -0.05) is 23.4 Å². The van der Waals surface area contributed by atoms with Crippen LogP contribution in [0.4, 0.5) is 10.5 Å². The quantitative estimate of drug-likeness (QED) is 0.679. The molecule has 26 heavy (non-hydrogen) atoms. The molecule has 0 fully saturated rings. The van der Waals surface area contributed by atoms with E-state index in [1.165, 1.54) is 0 Å². The first-order valence-electron chi connectivity index (χ1n) is 8.40. The van der Waals surface area contributed by atoms with Gasteiger partial charge in [-0.25, -0.2) is 4.79 Å². The van der Waals surface area contributed by atoms with Crippen LogP contribution in [0.1, 0.15) is 12.7 Å². The number of carbonyl (C=O) groups is 1. The fourth-order valence-electron chi connectivity index (χ4n) is 2.32. The molecule has 0 aliphatic carbocycles. The molecule has 0 aliphatic rings. The van der Waals surface area contributed by atoms with Crippen LogP contribution in [0.2, 0.25) is 0 Å². The number of amides is 2. The lowest BCUT2D eigenvalue weighted by Crippen LogP contribution is -2.30. The van der Waals surface area contributed by atoms with E-state index in [1.54, 1.807) is 12.1 Å². The maximum Gasteiger partial charge on any atom is 0.319 e. The summed E-state index contributed by atoms with van der Waals surface area (Å²) in [4.78, 5) is 16.2. The van der Waals surface area contributed by atoms with E-state index >= 15 is 0 Å². The Morgan fingerprint density at radius 1 is 1.12 bits per heavy atom. The smallest absolute Gasteiger partial charge is 0.319 e. The third-order valence-corrected chi connectivity index (χ3v) is 3.55. The van der Waals surface area contributed by atoms with E-state index in [9.17, 15) is 4.79 Å². The first-order valence-corrected chi connectivity index (χ1v) is 8.40. The number of urea groups is 1. The Morgan fingerprint density at radius 2 is 1.88 bits per heavy atom. The third kappa shape index (κ3) is 4.83. The van der Waals surface area contributed by atoms with Gasteiger partial charge in [-0.15, -0.1) is 0 Å². The van der Waals surface area contributed by atoms with E-state index in [0.717, 1.165) is 11.3 Å². The minimum Gasteiger partial charge on any atom is -0.494 e. The Morgan fingerprint density at radius 3 is 2.62 bits per heavy atom. The molecule has 0 saturated heterocycles. The molecule has 0 aliphatic heterocycles. The number of aromatic nitrogens is 2. The van der Waals surface area contributed by atoms with E-state index < -0.39 is 0 Å². The Labute approximate surface area is 151 Å². The summed E-state index contributed by atoms with van der Waals surface area (Å²) in [7, 11) is 0. The van der Waals surface area contributed by atoms with E-state index in [4.69, 9.17) is 9.26 Å². The molecule has 3 aromatic rings. The van der Waals surface area contributed by atoms with Crippen LogP contribution >= 0.6 is 0 Å². The molecule has 2 amide bonds. The molecule has 0 unspecified atom stereocenters. The summed E-state index contributed by atoms with van der Waals surface area (Å²) in [5.41, 5.74) is 1.56. The van der Waals surface area contributed by atoms with Crippen LogP contribution in [0.15, 0.2) is 59.1 Å². The van der Waals surface area contributed by atoms with Crippen molar-refractivity contribution in [2.45, 2.75) is 13.3 Å². The number of nitrogens with zero attached hydrogens (tertiary/aromatic N) is 2. The van der Waals surface area contributed by atoms with Crippen molar-refractivity contribution >= 4 is 11.7 Å². The topological polar surface area (TPSA) is 89.3 Å². The highest BCUT2D eigenvalue weighted by Crippen LogP contribution is 2.16. The van der Waals surface area contributed by atoms with Crippen LogP contribution < -0.4 is 15.4 Å². The summed E-state index contributed by atoms with van der Waals surface area (Å²) < 4.78 is 10.6. The second kappa shape index (κ2) is 8.66. The van der Waals surface area contributed by atoms with Crippen molar-refractivity contribution in [1.82, 2.24) is 15.5 Å². The Balaban J connectivity index is 1.44. The average molecular weight is 352 g/mol. The van der Waals surface area contributed by atoms with Gasteiger partial charge in [0.2, 0.25) is 0 Å². The molecular weight excluding hydrogens is 332 g/mol. The zero-order valence-electron chi connectivity index (χ0n) is 14.4. The summed E-state index contributed by atoms with van der Waals surface area (Å²) >= 11 is 0. The van der Waals surface area contributed by atoms with Crippen molar-refractivity contribution in [1.29, 1.82) is 0 Å². The van der Waals surface area contributed by atoms with Gasteiger partial charge in [0.15, 0.2) is 5.82 Å². The van der Waals surface area contributed by atoms with Crippen LogP contribution in [0.5, 0.6) is 5.75 Å². The van der Waals surface area contributed by atoms with Crippen molar-refractivity contribution in [3.63, 3.8) is 0 Å². The van der Waals surface area contributed by atoms with Crippen LogP contribution in [0.3, 0.4) is 0 Å². The average Bonchev–Trinajstić information content (AvgIpc) is 3.13. The largest absolute Gasteiger partial charge is 0.494 e. The number of carbonyl (C=O) groups excluding carboxylic acids is 1. The second-order valence-electron chi connectivity index (χ2n) is 5.47. The number of benzene rings is 2. The van der Waals surface area contributed by atoms with Crippen molar-refractivity contribution in [3.8, 4) is 17.2 Å². The minimum absolute atomic E-state index is 0.291. The zero-order chi connectivity index (χ0) is 18.2. The van der Waals surface area contributed by atoms with Gasteiger partial charge in [-0.3, -0.25) is 0 Å². The lowest BCUT2D eigenvalue weighted by molar-refractivity contribution is 0.252. The van der Waals surface area contributed by atoms with Gasteiger partial charge in [0.25, 0.3) is 5.89 Å². The van der Waals surface area contributed by atoms with E-state index in [0.29, 0.717) is 37.0 Å². The summed E-state index contributed by atoms with van der Waals surface area (Å²) in [5, 5.41) is 9.45. The van der Waals surface area contributed by atoms with Gasteiger partial charge in [-0.2, -0.15) is 4.98 Å². The Hall–Kier alpha value is -3.35. The number of rotatable bonds is 7. The summed E-state index contributed by atoms with van der Waals surface area (Å²) in [5.74, 6) is 1.79. The maximum atomic E-state index is 11.9. The molecule has 7 heteroatoms. The van der Waals surface area contributed by atoms with Gasteiger partial charge in [0, 0.05) is 24.2 Å². The van der Waals surface area contributed by atoms with Gasteiger partial charge in [-0.05, 0) is 43.3 Å². The maximum absolute atomic E-state index is 11.9. The number of anilines is 1. The second-order valence-corrected chi connectivity index (χ2v) is 5.47. The normalized spacial score (nSPS) is 10.3. The Bertz CT molecular complexity index is 832. The van der Waals surface area contributed by atoms with E-state index in [-0.39, 0.29) is 6.03 Å². The zero-order valence-corrected chi connectivity index (χ0v) is 14.4. The highest BCUT2D eigenvalue weighted by Gasteiger charge is 2.09. The molecule has 1 heterocycles. The summed E-state index contributed by atoms with van der Waals surface area (Å²) in [6.07, 6.45) is 0.479. The Kier molecular flexibility index (Phi) is 5.82. The molecule has 7 nitrogen and oxygen atoms in total. The highest BCUT2D eigenvalue weighted by atomic mass is 16.5. The van der Waals surface area contributed by atoms with Crippen LogP contribution in [0, 0.1) is 0 Å². The molecule has 2 aromatic carbocycles. The number of hydrogen-bond acceptors (Lipinski definition) is 5. The lowest BCUT2D eigenvalue weighted by Gasteiger charge is -2.08. The highest BCUT2D eigenvalue weighted by molar-refractivity contribution is 5.89. The van der Waals surface area contributed by atoms with Crippen molar-refractivity contribution in [2.24, 2.45) is 0 Å². The van der Waals surface area contributed by atoms with Gasteiger partial charge in [0.05, 0.1) is 6.61 Å². The fourth-order valence-corrected chi connectivity index (χ4v) is 2.32. The number of hydrogen-bond donors (Lipinski definition) is 2. The molecule has 0 atom stereocenters. The van der Waals surface area contributed by atoms with E-state index in [1.807, 2.05) is 49.4 Å². The van der Waals surface area contributed by atoms with Gasteiger partial charge < -0.3 is 19.9 Å². The molecule has 1 aromatic heterocycles. The summed E-state index contributed by atoms with van der Waals surface area (Å²) in [6, 6.07) is 16.4. The van der Waals surface area contributed by atoms with Crippen LogP contribution in [-0.4, -0.2) is 29.3 Å². The number of ether oxygens (including phenoxy) is 1. The SMILES string of the molecule is CCOc1ccc(NC(=O)NCCc2noc(-c3ccccc3)n2)cc1. The monoisotopic (exact) mass is 352 g/mol. The van der Waals surface area contributed by atoms with Gasteiger partial charge in [0.1, 0.15) is 5.75 Å². The predicted octanol–water partition coefficient (Wildman–Crippen LogP) is 3.50. The predicted molar refractivity (Wildman–Crippen MR) is 98.1 cm³/mol. The standard InChI is InChI=1S/C19H20N4O3/c1-2-25-16-10-8-15(9-11-16)21-19(24)20-13-12-17-22-18(26-23-17)14-6-4-3-5-7-14/h3-11H,2,12-13H2,1H3,(H2,20,21,24). The van der Waals surface area contributed by atoms with Crippen LogP contribution in [0.25, 0.3) is 11.5 Å². The summed E-state index contributed by atoms with van der Waals surface area (Å²) in [6.45, 7) is 2.93. The first kappa shape index (κ1) is 17.5. The molecule has 0 bridgehead atoms. The molecule has 134 valence electrons. The molecular formula is C19H20N4O3. The van der Waals surface area contributed by atoms with Crippen molar-refractivity contribution in [2.75, 3.05) is 18.5 Å².